The summed E-state index contributed by atoms with van der Waals surface area (Å²) in [4.78, 5) is 9.48. The number of aryl methyl sites for hydroxylation is 1. The van der Waals surface area contributed by atoms with Crippen LogP contribution in [0.2, 0.25) is 0 Å². The molecule has 0 amide bonds. The Morgan fingerprint density at radius 1 is 1.06 bits per heavy atom. The molecule has 1 aromatic heterocycles. The van der Waals surface area contributed by atoms with Gasteiger partial charge in [-0.05, 0) is 72.5 Å². The molecule has 2 aromatic carbocycles. The number of hydrogen-bond donors (Lipinski definition) is 1. The van der Waals surface area contributed by atoms with E-state index in [4.69, 9.17) is 0 Å². The van der Waals surface area contributed by atoms with Crippen molar-refractivity contribution in [2.45, 2.75) is 35.5 Å². The summed E-state index contributed by atoms with van der Waals surface area (Å²) in [5, 5.41) is 0. The number of anilines is 1. The normalized spacial score (nSPS) is 19.7. The van der Waals surface area contributed by atoms with Gasteiger partial charge < -0.3 is 0 Å². The average Bonchev–Trinajstić information content (AvgIpc) is 3.21. The average molecular weight is 507 g/mol. The predicted octanol–water partition coefficient (Wildman–Crippen LogP) is 4.48. The molecule has 5 rings (SSSR count). The maximum atomic E-state index is 15.7. The highest BCUT2D eigenvalue weighted by Gasteiger charge is 2.47. The van der Waals surface area contributed by atoms with Crippen LogP contribution in [0.15, 0.2) is 59.8 Å². The van der Waals surface area contributed by atoms with Crippen LogP contribution in [0.4, 0.5) is 23.5 Å². The number of hydrogen-bond acceptors (Lipinski definition) is 5. The molecule has 184 valence electrons. The van der Waals surface area contributed by atoms with Crippen molar-refractivity contribution < 1.29 is 26.0 Å². The topological polar surface area (TPSA) is 75.2 Å². The van der Waals surface area contributed by atoms with Crippen LogP contribution in [0.5, 0.6) is 0 Å². The van der Waals surface area contributed by atoms with Crippen molar-refractivity contribution >= 4 is 16.0 Å². The highest BCUT2D eigenvalue weighted by atomic mass is 32.2. The van der Waals surface area contributed by atoms with E-state index in [9.17, 15) is 21.6 Å². The zero-order chi connectivity index (χ0) is 25.0. The van der Waals surface area contributed by atoms with Crippen molar-refractivity contribution in [2.24, 2.45) is 0 Å². The number of nitrogens with one attached hydrogen (secondary N) is 1. The summed E-state index contributed by atoms with van der Waals surface area (Å²) in [7, 11) is -2.22. The Bertz CT molecular complexity index is 1370. The molecule has 6 nitrogen and oxygen atoms in total. The lowest BCUT2D eigenvalue weighted by Gasteiger charge is -2.44. The molecule has 0 bridgehead atoms. The van der Waals surface area contributed by atoms with E-state index in [1.165, 1.54) is 24.5 Å². The number of alkyl halides is 4. The molecule has 0 spiro atoms. The van der Waals surface area contributed by atoms with Crippen molar-refractivity contribution in [3.63, 3.8) is 0 Å². The van der Waals surface area contributed by atoms with Gasteiger partial charge in [-0.15, -0.1) is 0 Å². The lowest BCUT2D eigenvalue weighted by molar-refractivity contribution is -0.137. The van der Waals surface area contributed by atoms with E-state index in [0.29, 0.717) is 18.4 Å². The molecule has 2 aliphatic rings. The Kier molecular flexibility index (Phi) is 5.59. The highest BCUT2D eigenvalue weighted by Crippen LogP contribution is 2.47. The monoisotopic (exact) mass is 506 g/mol. The molecule has 11 heteroatoms. The molecule has 3 aromatic rings. The van der Waals surface area contributed by atoms with E-state index in [1.54, 1.807) is 30.1 Å². The second-order valence-electron chi connectivity index (χ2n) is 9.07. The molecule has 1 fully saturated rings. The first kappa shape index (κ1) is 23.7. The molecule has 0 unspecified atom stereocenters. The fourth-order valence-corrected chi connectivity index (χ4v) is 6.03. The predicted molar refractivity (Wildman–Crippen MR) is 121 cm³/mol. The van der Waals surface area contributed by atoms with Gasteiger partial charge in [0.05, 0.1) is 10.5 Å². The second kappa shape index (κ2) is 8.27. The Balaban J connectivity index is 1.50. The Hall–Kier alpha value is -3.05. The fourth-order valence-electron chi connectivity index (χ4n) is 5.02. The number of likely N-dealkylation sites (N-methyl/N-ethyl adjacent to an activating group) is 1. The van der Waals surface area contributed by atoms with Gasteiger partial charge in [0.15, 0.2) is 5.67 Å². The summed E-state index contributed by atoms with van der Waals surface area (Å²) in [6.45, 7) is 0.0383. The molecular formula is C24H22F4N4O2S. The van der Waals surface area contributed by atoms with E-state index in [2.05, 4.69) is 14.7 Å². The Labute approximate surface area is 200 Å². The lowest BCUT2D eigenvalue weighted by Crippen LogP contribution is -2.55. The van der Waals surface area contributed by atoms with E-state index in [1.807, 2.05) is 0 Å². The van der Waals surface area contributed by atoms with E-state index < -0.39 is 27.4 Å². The standard InChI is InChI=1S/C24H22F4N4O2S/c1-32-13-23(25,14-32)21-12-16(24(26,27)28)4-7-20(21)19-6-3-15-11-17(5-8-18(15)19)35(33,34)31-22-29-9-2-10-30-22/h2,4-5,7-12,19H,3,6,13-14H2,1H3,(H,29,30,31)/t19-/m0/s1. The quantitative estimate of drug-likeness (QED) is 0.517. The molecule has 0 saturated carbocycles. The Morgan fingerprint density at radius 2 is 1.74 bits per heavy atom. The largest absolute Gasteiger partial charge is 0.416 e. The van der Waals surface area contributed by atoms with Crippen LogP contribution in [0.3, 0.4) is 0 Å². The molecular weight excluding hydrogens is 484 g/mol. The molecule has 0 radical (unpaired) electrons. The first-order chi connectivity index (χ1) is 16.5. The van der Waals surface area contributed by atoms with Crippen molar-refractivity contribution in [3.8, 4) is 0 Å². The molecule has 1 saturated heterocycles. The van der Waals surface area contributed by atoms with Crippen LogP contribution in [-0.4, -0.2) is 43.4 Å². The van der Waals surface area contributed by atoms with Gasteiger partial charge in [0, 0.05) is 31.4 Å². The minimum atomic E-state index is -4.58. The zero-order valence-corrected chi connectivity index (χ0v) is 19.5. The van der Waals surface area contributed by atoms with Gasteiger partial charge in [-0.2, -0.15) is 13.2 Å². The van der Waals surface area contributed by atoms with E-state index >= 15 is 4.39 Å². The third kappa shape index (κ3) is 4.38. The lowest BCUT2D eigenvalue weighted by atomic mass is 9.79. The first-order valence-corrected chi connectivity index (χ1v) is 12.5. The summed E-state index contributed by atoms with van der Waals surface area (Å²) in [6.07, 6.45) is -0.691. The van der Waals surface area contributed by atoms with Gasteiger partial charge in [0.1, 0.15) is 0 Å². The molecule has 1 N–H and O–H groups in total. The third-order valence-corrected chi connectivity index (χ3v) is 7.90. The third-order valence-electron chi connectivity index (χ3n) is 6.57. The number of sulfonamides is 1. The second-order valence-corrected chi connectivity index (χ2v) is 10.7. The molecule has 1 aliphatic heterocycles. The number of halogens is 4. The molecule has 1 atom stereocenters. The number of rotatable bonds is 5. The van der Waals surface area contributed by atoms with Crippen LogP contribution in [0.1, 0.15) is 40.2 Å². The number of benzene rings is 2. The van der Waals surface area contributed by atoms with Gasteiger partial charge in [0.2, 0.25) is 5.95 Å². The molecule has 35 heavy (non-hydrogen) atoms. The molecule has 2 heterocycles. The highest BCUT2D eigenvalue weighted by molar-refractivity contribution is 7.92. The van der Waals surface area contributed by atoms with Gasteiger partial charge in [0.25, 0.3) is 10.0 Å². The summed E-state index contributed by atoms with van der Waals surface area (Å²) in [5.74, 6) is -0.387. The van der Waals surface area contributed by atoms with Crippen molar-refractivity contribution in [1.82, 2.24) is 14.9 Å². The van der Waals surface area contributed by atoms with E-state index in [0.717, 1.165) is 23.3 Å². The first-order valence-electron chi connectivity index (χ1n) is 11.0. The van der Waals surface area contributed by atoms with Crippen molar-refractivity contribution in [3.05, 3.63) is 82.7 Å². The van der Waals surface area contributed by atoms with Gasteiger partial charge >= 0.3 is 6.18 Å². The zero-order valence-electron chi connectivity index (χ0n) is 18.7. The SMILES string of the molecule is CN1CC(F)(c2cc(C(F)(F)F)ccc2[C@H]2CCc3cc(S(=O)(=O)Nc4ncccn4)ccc32)C1. The summed E-state index contributed by atoms with van der Waals surface area (Å²) in [5.41, 5.74) is -0.622. The van der Waals surface area contributed by atoms with Crippen molar-refractivity contribution in [2.75, 3.05) is 24.9 Å². The maximum Gasteiger partial charge on any atom is 0.416 e. The van der Waals surface area contributed by atoms with Crippen LogP contribution in [0, 0.1) is 0 Å². The summed E-state index contributed by atoms with van der Waals surface area (Å²) in [6, 6.07) is 9.50. The Morgan fingerprint density at radius 3 is 2.40 bits per heavy atom. The minimum absolute atomic E-state index is 0.0191. The van der Waals surface area contributed by atoms with Crippen molar-refractivity contribution in [1.29, 1.82) is 0 Å². The minimum Gasteiger partial charge on any atom is -0.299 e. The van der Waals surface area contributed by atoms with Gasteiger partial charge in [-0.1, -0.05) is 12.1 Å². The van der Waals surface area contributed by atoms with Crippen LogP contribution in [-0.2, 0) is 28.3 Å². The number of likely N-dealkylation sites (tertiary alicyclic amines) is 1. The van der Waals surface area contributed by atoms with E-state index in [-0.39, 0.29) is 35.4 Å². The maximum absolute atomic E-state index is 15.7. The summed E-state index contributed by atoms with van der Waals surface area (Å²) < 4.78 is 83.8. The van der Waals surface area contributed by atoms with Crippen LogP contribution < -0.4 is 4.72 Å². The number of aromatic nitrogens is 2. The van der Waals surface area contributed by atoms with Gasteiger partial charge in [-0.25, -0.2) is 27.5 Å². The van der Waals surface area contributed by atoms with Crippen LogP contribution in [0.25, 0.3) is 0 Å². The smallest absolute Gasteiger partial charge is 0.299 e. The number of nitrogens with zero attached hydrogens (tertiary/aromatic N) is 3. The number of fused-ring (bicyclic) bond motifs is 1. The summed E-state index contributed by atoms with van der Waals surface area (Å²) >= 11 is 0. The fraction of sp³-hybridized carbons (Fsp3) is 0.333. The molecule has 1 aliphatic carbocycles. The van der Waals surface area contributed by atoms with Crippen LogP contribution >= 0.6 is 0 Å². The van der Waals surface area contributed by atoms with Gasteiger partial charge in [-0.3, -0.25) is 4.90 Å².